The topological polar surface area (TPSA) is 58.6 Å². The number of carbonyl (C=O) groups is 2. The second-order valence-corrected chi connectivity index (χ2v) is 5.36. The fraction of sp³-hybridized carbons (Fsp3) is 0.846. The van der Waals surface area contributed by atoms with Crippen LogP contribution in [0.25, 0.3) is 0 Å². The smallest absolute Gasteiger partial charge is 0.248 e. The van der Waals surface area contributed by atoms with Crippen molar-refractivity contribution in [2.45, 2.75) is 38.6 Å². The van der Waals surface area contributed by atoms with E-state index in [1.165, 1.54) is 0 Å². The zero-order chi connectivity index (χ0) is 13.2. The Morgan fingerprint density at radius 3 is 2.72 bits per heavy atom. The predicted molar refractivity (Wildman–Crippen MR) is 67.0 cm³/mol. The van der Waals surface area contributed by atoms with E-state index in [0.717, 1.165) is 19.3 Å². The molecule has 2 fully saturated rings. The van der Waals surface area contributed by atoms with Gasteiger partial charge in [0.05, 0.1) is 13.2 Å². The van der Waals surface area contributed by atoms with Gasteiger partial charge in [0, 0.05) is 13.2 Å². The molecule has 1 unspecified atom stereocenters. The number of nitrogens with one attached hydrogen (secondary N) is 1. The molecular weight excluding hydrogens is 232 g/mol. The number of carbonyl (C=O) groups excluding carboxylic acids is 2. The molecule has 1 atom stereocenters. The third-order valence-electron chi connectivity index (χ3n) is 3.71. The summed E-state index contributed by atoms with van der Waals surface area (Å²) < 4.78 is 5.39. The van der Waals surface area contributed by atoms with Crippen LogP contribution in [0.2, 0.25) is 0 Å². The quantitative estimate of drug-likeness (QED) is 0.704. The van der Waals surface area contributed by atoms with Crippen LogP contribution in [0.3, 0.4) is 0 Å². The second kappa shape index (κ2) is 5.26. The highest BCUT2D eigenvalue weighted by molar-refractivity contribution is 5.98. The van der Waals surface area contributed by atoms with Crippen LogP contribution in [0.5, 0.6) is 0 Å². The zero-order valence-electron chi connectivity index (χ0n) is 11.2. The zero-order valence-corrected chi connectivity index (χ0v) is 11.2. The van der Waals surface area contributed by atoms with Crippen molar-refractivity contribution in [2.75, 3.05) is 26.3 Å². The van der Waals surface area contributed by atoms with Gasteiger partial charge in [-0.25, -0.2) is 0 Å². The van der Waals surface area contributed by atoms with Gasteiger partial charge in [0.15, 0.2) is 0 Å². The lowest BCUT2D eigenvalue weighted by molar-refractivity contribution is -0.150. The van der Waals surface area contributed by atoms with Crippen molar-refractivity contribution in [3.05, 3.63) is 0 Å². The molecule has 1 N–H and O–H groups in total. The highest BCUT2D eigenvalue weighted by atomic mass is 16.5. The summed E-state index contributed by atoms with van der Waals surface area (Å²) in [7, 11) is 0. The van der Waals surface area contributed by atoms with Gasteiger partial charge in [-0.15, -0.1) is 0 Å². The maximum atomic E-state index is 12.4. The first-order valence-electron chi connectivity index (χ1n) is 6.76. The second-order valence-electron chi connectivity index (χ2n) is 5.36. The van der Waals surface area contributed by atoms with Crippen molar-refractivity contribution < 1.29 is 14.3 Å². The summed E-state index contributed by atoms with van der Waals surface area (Å²) >= 11 is 0. The summed E-state index contributed by atoms with van der Waals surface area (Å²) in [5.74, 6) is 0.303. The van der Waals surface area contributed by atoms with Gasteiger partial charge in [0.2, 0.25) is 11.8 Å². The first kappa shape index (κ1) is 13.3. The molecule has 1 aliphatic heterocycles. The van der Waals surface area contributed by atoms with Gasteiger partial charge in [0.25, 0.3) is 0 Å². The molecule has 0 bridgehead atoms. The monoisotopic (exact) mass is 254 g/mol. The highest BCUT2D eigenvalue weighted by Crippen LogP contribution is 2.41. The molecule has 0 aromatic heterocycles. The lowest BCUT2D eigenvalue weighted by Gasteiger charge is -2.40. The Morgan fingerprint density at radius 1 is 1.39 bits per heavy atom. The number of hydrogen-bond donors (Lipinski definition) is 1. The Balaban J connectivity index is 1.93. The molecule has 102 valence electrons. The number of piperazine rings is 1. The minimum absolute atomic E-state index is 0.0460. The van der Waals surface area contributed by atoms with Gasteiger partial charge in [0.1, 0.15) is 5.54 Å². The van der Waals surface area contributed by atoms with Crippen LogP contribution < -0.4 is 5.32 Å². The highest BCUT2D eigenvalue weighted by Gasteiger charge is 2.52. The van der Waals surface area contributed by atoms with Gasteiger partial charge >= 0.3 is 0 Å². The van der Waals surface area contributed by atoms with E-state index in [-0.39, 0.29) is 18.4 Å². The van der Waals surface area contributed by atoms with Crippen molar-refractivity contribution in [3.8, 4) is 0 Å². The van der Waals surface area contributed by atoms with E-state index in [1.54, 1.807) is 4.90 Å². The third kappa shape index (κ3) is 2.66. The average molecular weight is 254 g/mol. The lowest BCUT2D eigenvalue weighted by Crippen LogP contribution is -2.66. The van der Waals surface area contributed by atoms with E-state index >= 15 is 0 Å². The number of rotatable bonds is 6. The van der Waals surface area contributed by atoms with Gasteiger partial charge < -0.3 is 15.0 Å². The predicted octanol–water partition coefficient (Wildman–Crippen LogP) is 0.540. The summed E-state index contributed by atoms with van der Waals surface area (Å²) in [6, 6.07) is 0. The van der Waals surface area contributed by atoms with Crippen LogP contribution in [0.15, 0.2) is 0 Å². The molecule has 2 aliphatic rings. The molecule has 1 heterocycles. The molecular formula is C13H22N2O3. The molecule has 1 aliphatic carbocycles. The van der Waals surface area contributed by atoms with Gasteiger partial charge in [-0.2, -0.15) is 0 Å². The number of ether oxygens (including phenoxy) is 1. The fourth-order valence-electron chi connectivity index (χ4n) is 2.50. The van der Waals surface area contributed by atoms with Gasteiger partial charge in [-0.3, -0.25) is 9.59 Å². The maximum absolute atomic E-state index is 12.4. The summed E-state index contributed by atoms with van der Waals surface area (Å²) in [5, 5.41) is 2.87. The van der Waals surface area contributed by atoms with E-state index in [1.807, 2.05) is 13.8 Å². The summed E-state index contributed by atoms with van der Waals surface area (Å²) in [4.78, 5) is 25.7. The van der Waals surface area contributed by atoms with Crippen LogP contribution in [0, 0.1) is 5.92 Å². The Bertz CT molecular complexity index is 341. The van der Waals surface area contributed by atoms with Crippen LogP contribution in [-0.2, 0) is 14.3 Å². The number of hydrogen-bond acceptors (Lipinski definition) is 3. The first-order valence-corrected chi connectivity index (χ1v) is 6.76. The van der Waals surface area contributed by atoms with Gasteiger partial charge in [-0.1, -0.05) is 6.92 Å². The van der Waals surface area contributed by atoms with Crippen LogP contribution >= 0.6 is 0 Å². The average Bonchev–Trinajstić information content (AvgIpc) is 3.14. The van der Waals surface area contributed by atoms with E-state index in [9.17, 15) is 9.59 Å². The maximum Gasteiger partial charge on any atom is 0.248 e. The molecule has 0 radical (unpaired) electrons. The standard InChI is InChI=1S/C13H22N2O3/c1-3-7-18-8-6-15-9-11(16)14-13(2,12(15)17)10-4-5-10/h10H,3-9H2,1-2H3,(H,14,16). The Hall–Kier alpha value is -1.10. The van der Waals surface area contributed by atoms with E-state index < -0.39 is 5.54 Å². The summed E-state index contributed by atoms with van der Waals surface area (Å²) in [6.45, 7) is 5.78. The Kier molecular flexibility index (Phi) is 3.90. The summed E-state index contributed by atoms with van der Waals surface area (Å²) in [5.41, 5.74) is -0.680. The Morgan fingerprint density at radius 2 is 2.11 bits per heavy atom. The van der Waals surface area contributed by atoms with E-state index in [4.69, 9.17) is 4.74 Å². The number of nitrogens with zero attached hydrogens (tertiary/aromatic N) is 1. The molecule has 0 aromatic rings. The molecule has 18 heavy (non-hydrogen) atoms. The fourth-order valence-corrected chi connectivity index (χ4v) is 2.50. The van der Waals surface area contributed by atoms with E-state index in [2.05, 4.69) is 5.32 Å². The number of amides is 2. The molecule has 0 spiro atoms. The van der Waals surface area contributed by atoms with Crippen molar-refractivity contribution >= 4 is 11.8 Å². The van der Waals surface area contributed by atoms with Gasteiger partial charge in [-0.05, 0) is 32.1 Å². The Labute approximate surface area is 108 Å². The van der Waals surface area contributed by atoms with Crippen LogP contribution in [0.1, 0.15) is 33.1 Å². The minimum Gasteiger partial charge on any atom is -0.380 e. The first-order chi connectivity index (χ1) is 8.58. The van der Waals surface area contributed by atoms with Crippen molar-refractivity contribution in [1.82, 2.24) is 10.2 Å². The molecule has 0 aromatic carbocycles. The van der Waals surface area contributed by atoms with E-state index in [0.29, 0.717) is 25.7 Å². The normalized spacial score (nSPS) is 28.4. The van der Waals surface area contributed by atoms with Crippen LogP contribution in [0.4, 0.5) is 0 Å². The molecule has 5 nitrogen and oxygen atoms in total. The molecule has 2 rings (SSSR count). The third-order valence-corrected chi connectivity index (χ3v) is 3.71. The molecule has 1 saturated heterocycles. The largest absolute Gasteiger partial charge is 0.380 e. The van der Waals surface area contributed by atoms with Crippen LogP contribution in [-0.4, -0.2) is 48.6 Å². The lowest BCUT2D eigenvalue weighted by atomic mass is 9.91. The van der Waals surface area contributed by atoms with Crippen molar-refractivity contribution in [1.29, 1.82) is 0 Å². The molecule has 1 saturated carbocycles. The minimum atomic E-state index is -0.680. The summed E-state index contributed by atoms with van der Waals surface area (Å²) in [6.07, 6.45) is 3.03. The van der Waals surface area contributed by atoms with Crippen molar-refractivity contribution in [3.63, 3.8) is 0 Å². The molecule has 2 amide bonds. The SMILES string of the molecule is CCCOCCN1CC(=O)NC(C)(C2CC2)C1=O. The van der Waals surface area contributed by atoms with Crippen molar-refractivity contribution in [2.24, 2.45) is 5.92 Å². The molecule has 5 heteroatoms.